The number of nitrogens with zero attached hydrogens (tertiary/aromatic N) is 1. The van der Waals surface area contributed by atoms with Crippen molar-refractivity contribution in [3.63, 3.8) is 0 Å². The van der Waals surface area contributed by atoms with Crippen molar-refractivity contribution in [1.29, 1.82) is 5.26 Å². The Morgan fingerprint density at radius 3 is 2.59 bits per heavy atom. The highest BCUT2D eigenvalue weighted by atomic mass is 16.5. The Labute approximate surface area is 103 Å². The van der Waals surface area contributed by atoms with Crippen molar-refractivity contribution in [1.82, 2.24) is 0 Å². The predicted octanol–water partition coefficient (Wildman–Crippen LogP) is 3.66. The number of hydrogen-bond donors (Lipinski definition) is 0. The molecule has 2 rings (SSSR count). The Hall–Kier alpha value is -1.49. The zero-order valence-electron chi connectivity index (χ0n) is 10.8. The molecule has 2 nitrogen and oxygen atoms in total. The lowest BCUT2D eigenvalue weighted by Gasteiger charge is -2.14. The van der Waals surface area contributed by atoms with Crippen LogP contribution in [-0.4, -0.2) is 7.11 Å². The molecule has 90 valence electrons. The van der Waals surface area contributed by atoms with E-state index in [0.29, 0.717) is 5.92 Å². The second-order valence-corrected chi connectivity index (χ2v) is 5.29. The molecule has 17 heavy (non-hydrogen) atoms. The third kappa shape index (κ3) is 2.44. The molecule has 2 heteroatoms. The largest absolute Gasteiger partial charge is 0.496 e. The first kappa shape index (κ1) is 12.0. The van der Waals surface area contributed by atoms with Crippen molar-refractivity contribution >= 4 is 0 Å². The number of rotatable bonds is 4. The van der Waals surface area contributed by atoms with Crippen LogP contribution in [0.2, 0.25) is 0 Å². The third-order valence-electron chi connectivity index (χ3n) is 3.60. The van der Waals surface area contributed by atoms with Gasteiger partial charge in [0.25, 0.3) is 0 Å². The summed E-state index contributed by atoms with van der Waals surface area (Å²) in [5.74, 6) is 1.43. The Morgan fingerprint density at radius 1 is 1.41 bits per heavy atom. The Kier molecular flexibility index (Phi) is 3.11. The molecular formula is C15H19NO. The molecular weight excluding hydrogens is 210 g/mol. The predicted molar refractivity (Wildman–Crippen MR) is 68.1 cm³/mol. The Balaban J connectivity index is 2.26. The quantitative estimate of drug-likeness (QED) is 0.789. The summed E-state index contributed by atoms with van der Waals surface area (Å²) in [7, 11) is 1.70. The molecule has 0 aromatic heterocycles. The lowest BCUT2D eigenvalue weighted by atomic mass is 9.94. The summed E-state index contributed by atoms with van der Waals surface area (Å²) in [5, 5.41) is 9.13. The van der Waals surface area contributed by atoms with Crippen molar-refractivity contribution in [3.8, 4) is 11.8 Å². The Bertz CT molecular complexity index is 452. The Morgan fingerprint density at radius 2 is 2.12 bits per heavy atom. The monoisotopic (exact) mass is 229 g/mol. The molecule has 0 amide bonds. The van der Waals surface area contributed by atoms with E-state index in [1.165, 1.54) is 5.56 Å². The van der Waals surface area contributed by atoms with Crippen molar-refractivity contribution in [2.45, 2.75) is 39.0 Å². The SMILES string of the molecule is COc1cc(C(C)C)ccc1CC1(C#N)CC1. The second kappa shape index (κ2) is 4.41. The summed E-state index contributed by atoms with van der Waals surface area (Å²) in [5.41, 5.74) is 2.34. The molecule has 0 atom stereocenters. The zero-order chi connectivity index (χ0) is 12.5. The average molecular weight is 229 g/mol. The van der Waals surface area contributed by atoms with Crippen LogP contribution in [0.1, 0.15) is 43.7 Å². The maximum Gasteiger partial charge on any atom is 0.122 e. The van der Waals surface area contributed by atoms with E-state index in [-0.39, 0.29) is 5.41 Å². The fourth-order valence-electron chi connectivity index (χ4n) is 2.11. The maximum atomic E-state index is 9.13. The van der Waals surface area contributed by atoms with Crippen LogP contribution < -0.4 is 4.74 Å². The van der Waals surface area contributed by atoms with E-state index in [0.717, 1.165) is 30.6 Å². The molecule has 0 N–H and O–H groups in total. The molecule has 0 unspecified atom stereocenters. The summed E-state index contributed by atoms with van der Waals surface area (Å²) < 4.78 is 5.44. The van der Waals surface area contributed by atoms with Gasteiger partial charge in [-0.3, -0.25) is 0 Å². The lowest BCUT2D eigenvalue weighted by molar-refractivity contribution is 0.406. The maximum absolute atomic E-state index is 9.13. The molecule has 0 saturated heterocycles. The molecule has 1 saturated carbocycles. The van der Waals surface area contributed by atoms with Gasteiger partial charge < -0.3 is 4.74 Å². The van der Waals surface area contributed by atoms with Crippen molar-refractivity contribution in [2.24, 2.45) is 5.41 Å². The molecule has 1 aliphatic rings. The molecule has 1 aliphatic carbocycles. The van der Waals surface area contributed by atoms with Crippen molar-refractivity contribution < 1.29 is 4.74 Å². The number of benzene rings is 1. The van der Waals surface area contributed by atoms with Crippen LogP contribution in [0.15, 0.2) is 18.2 Å². The van der Waals surface area contributed by atoms with E-state index in [2.05, 4.69) is 38.1 Å². The summed E-state index contributed by atoms with van der Waals surface area (Å²) in [6.07, 6.45) is 2.88. The van der Waals surface area contributed by atoms with Crippen LogP contribution >= 0.6 is 0 Å². The molecule has 1 aromatic rings. The van der Waals surface area contributed by atoms with Crippen LogP contribution in [0, 0.1) is 16.7 Å². The third-order valence-corrected chi connectivity index (χ3v) is 3.60. The highest BCUT2D eigenvalue weighted by Gasteiger charge is 2.43. The zero-order valence-corrected chi connectivity index (χ0v) is 10.8. The van der Waals surface area contributed by atoms with Gasteiger partial charge in [0.1, 0.15) is 5.75 Å². The summed E-state index contributed by atoms with van der Waals surface area (Å²) >= 11 is 0. The second-order valence-electron chi connectivity index (χ2n) is 5.29. The topological polar surface area (TPSA) is 33.0 Å². The molecule has 0 radical (unpaired) electrons. The van der Waals surface area contributed by atoms with E-state index in [1.807, 2.05) is 0 Å². The minimum atomic E-state index is -0.105. The minimum Gasteiger partial charge on any atom is -0.496 e. The number of hydrogen-bond acceptors (Lipinski definition) is 2. The summed E-state index contributed by atoms with van der Waals surface area (Å²) in [6.45, 7) is 4.35. The van der Waals surface area contributed by atoms with E-state index >= 15 is 0 Å². The van der Waals surface area contributed by atoms with Crippen molar-refractivity contribution in [2.75, 3.05) is 7.11 Å². The number of methoxy groups -OCH3 is 1. The molecule has 1 aromatic carbocycles. The minimum absolute atomic E-state index is 0.105. The van der Waals surface area contributed by atoms with Gasteiger partial charge in [-0.05, 0) is 42.4 Å². The highest BCUT2D eigenvalue weighted by molar-refractivity contribution is 5.40. The van der Waals surface area contributed by atoms with E-state index in [1.54, 1.807) is 7.11 Å². The van der Waals surface area contributed by atoms with Gasteiger partial charge in [-0.15, -0.1) is 0 Å². The summed E-state index contributed by atoms with van der Waals surface area (Å²) in [6, 6.07) is 8.80. The fraction of sp³-hybridized carbons (Fsp3) is 0.533. The molecule has 1 fully saturated rings. The fourth-order valence-corrected chi connectivity index (χ4v) is 2.11. The number of nitriles is 1. The van der Waals surface area contributed by atoms with Crippen LogP contribution in [0.25, 0.3) is 0 Å². The highest BCUT2D eigenvalue weighted by Crippen LogP contribution is 2.48. The van der Waals surface area contributed by atoms with E-state index in [9.17, 15) is 0 Å². The molecule has 0 spiro atoms. The lowest BCUT2D eigenvalue weighted by Crippen LogP contribution is -2.04. The normalized spacial score (nSPS) is 16.6. The number of ether oxygens (including phenoxy) is 1. The first-order valence-corrected chi connectivity index (χ1v) is 6.18. The van der Waals surface area contributed by atoms with E-state index in [4.69, 9.17) is 10.00 Å². The van der Waals surface area contributed by atoms with Crippen molar-refractivity contribution in [3.05, 3.63) is 29.3 Å². The van der Waals surface area contributed by atoms with Crippen LogP contribution in [0.5, 0.6) is 5.75 Å². The molecule has 0 bridgehead atoms. The summed E-state index contributed by atoms with van der Waals surface area (Å²) in [4.78, 5) is 0. The van der Waals surface area contributed by atoms with Gasteiger partial charge in [0, 0.05) is 0 Å². The molecule has 0 heterocycles. The van der Waals surface area contributed by atoms with Crippen LogP contribution in [0.3, 0.4) is 0 Å². The molecule has 0 aliphatic heterocycles. The van der Waals surface area contributed by atoms with Gasteiger partial charge in [-0.2, -0.15) is 5.26 Å². The van der Waals surface area contributed by atoms with Crippen LogP contribution in [0.4, 0.5) is 0 Å². The smallest absolute Gasteiger partial charge is 0.122 e. The van der Waals surface area contributed by atoms with Gasteiger partial charge in [0.15, 0.2) is 0 Å². The average Bonchev–Trinajstić information content (AvgIpc) is 3.10. The van der Waals surface area contributed by atoms with Crippen LogP contribution in [-0.2, 0) is 6.42 Å². The van der Waals surface area contributed by atoms with Gasteiger partial charge in [-0.25, -0.2) is 0 Å². The standard InChI is InChI=1S/C15H19NO/c1-11(2)12-4-5-13(14(8-12)17-3)9-15(10-16)6-7-15/h4-5,8,11H,6-7,9H2,1-3H3. The van der Waals surface area contributed by atoms with Gasteiger partial charge >= 0.3 is 0 Å². The first-order chi connectivity index (χ1) is 8.10. The van der Waals surface area contributed by atoms with Gasteiger partial charge in [-0.1, -0.05) is 26.0 Å². The van der Waals surface area contributed by atoms with E-state index < -0.39 is 0 Å². The van der Waals surface area contributed by atoms with Gasteiger partial charge in [0.05, 0.1) is 18.6 Å². The van der Waals surface area contributed by atoms with Gasteiger partial charge in [0.2, 0.25) is 0 Å². The first-order valence-electron chi connectivity index (χ1n) is 6.18.